The van der Waals surface area contributed by atoms with Crippen molar-refractivity contribution in [3.8, 4) is 0 Å². The summed E-state index contributed by atoms with van der Waals surface area (Å²) in [6.45, 7) is 6.04. The SMILES string of the molecule is Cc1cccc(C(C)C)c1NC(=O)C(c1ccccc1)N(C)S(C)(=O)=O. The van der Waals surface area contributed by atoms with Gasteiger partial charge in [-0.2, -0.15) is 4.31 Å². The second-order valence-electron chi connectivity index (χ2n) is 6.78. The van der Waals surface area contributed by atoms with Crippen molar-refractivity contribution in [2.45, 2.75) is 32.7 Å². The van der Waals surface area contributed by atoms with E-state index in [0.717, 1.165) is 27.4 Å². The molecule has 0 fully saturated rings. The van der Waals surface area contributed by atoms with Gasteiger partial charge in [-0.15, -0.1) is 0 Å². The molecule has 5 nitrogen and oxygen atoms in total. The van der Waals surface area contributed by atoms with E-state index < -0.39 is 16.1 Å². The quantitative estimate of drug-likeness (QED) is 0.838. The first-order valence-electron chi connectivity index (χ1n) is 8.51. The molecule has 2 aromatic carbocycles. The first-order chi connectivity index (χ1) is 12.1. The monoisotopic (exact) mass is 374 g/mol. The highest BCUT2D eigenvalue weighted by Gasteiger charge is 2.31. The van der Waals surface area contributed by atoms with Gasteiger partial charge in [-0.3, -0.25) is 4.79 Å². The molecule has 1 amide bonds. The summed E-state index contributed by atoms with van der Waals surface area (Å²) < 4.78 is 25.3. The Morgan fingerprint density at radius 3 is 2.19 bits per heavy atom. The van der Waals surface area contributed by atoms with Crippen LogP contribution in [0.5, 0.6) is 0 Å². The highest BCUT2D eigenvalue weighted by Crippen LogP contribution is 2.30. The molecule has 0 radical (unpaired) electrons. The van der Waals surface area contributed by atoms with Gasteiger partial charge in [0.15, 0.2) is 0 Å². The fourth-order valence-corrected chi connectivity index (χ4v) is 3.49. The van der Waals surface area contributed by atoms with Crippen LogP contribution in [0.3, 0.4) is 0 Å². The number of aryl methyl sites for hydroxylation is 1. The van der Waals surface area contributed by atoms with Crippen LogP contribution < -0.4 is 5.32 Å². The number of carbonyl (C=O) groups excluding carboxylic acids is 1. The molecule has 0 aromatic heterocycles. The van der Waals surface area contributed by atoms with Gasteiger partial charge in [-0.1, -0.05) is 62.4 Å². The normalized spacial score (nSPS) is 13.0. The molecule has 2 rings (SSSR count). The molecule has 2 aromatic rings. The van der Waals surface area contributed by atoms with Gasteiger partial charge >= 0.3 is 0 Å². The van der Waals surface area contributed by atoms with Crippen LogP contribution in [0.4, 0.5) is 5.69 Å². The maximum atomic E-state index is 13.1. The standard InChI is InChI=1S/C20H26N2O3S/c1-14(2)17-13-9-10-15(3)18(17)21-20(23)19(22(4)26(5,24)25)16-11-7-6-8-12-16/h6-14,19H,1-5H3,(H,21,23). The van der Waals surface area contributed by atoms with Crippen molar-refractivity contribution in [2.24, 2.45) is 0 Å². The number of hydrogen-bond donors (Lipinski definition) is 1. The number of sulfonamides is 1. The highest BCUT2D eigenvalue weighted by atomic mass is 32.2. The van der Waals surface area contributed by atoms with Crippen LogP contribution in [0, 0.1) is 6.92 Å². The topological polar surface area (TPSA) is 66.5 Å². The zero-order chi connectivity index (χ0) is 19.5. The minimum absolute atomic E-state index is 0.230. The van der Waals surface area contributed by atoms with E-state index in [1.54, 1.807) is 24.3 Å². The fraction of sp³-hybridized carbons (Fsp3) is 0.350. The van der Waals surface area contributed by atoms with Crippen LogP contribution >= 0.6 is 0 Å². The Kier molecular flexibility index (Phi) is 6.21. The average Bonchev–Trinajstić information content (AvgIpc) is 2.56. The van der Waals surface area contributed by atoms with E-state index in [9.17, 15) is 13.2 Å². The van der Waals surface area contributed by atoms with Crippen LogP contribution in [-0.4, -0.2) is 31.9 Å². The van der Waals surface area contributed by atoms with Gasteiger partial charge in [0.1, 0.15) is 6.04 Å². The second kappa shape index (κ2) is 8.01. The minimum atomic E-state index is -3.55. The van der Waals surface area contributed by atoms with Crippen molar-refractivity contribution in [1.82, 2.24) is 4.31 Å². The molecule has 0 heterocycles. The summed E-state index contributed by atoms with van der Waals surface area (Å²) in [7, 11) is -2.13. The molecule has 0 aliphatic carbocycles. The number of likely N-dealkylation sites (N-methyl/N-ethyl adjacent to an activating group) is 1. The third-order valence-electron chi connectivity index (χ3n) is 4.43. The number of para-hydroxylation sites is 1. The predicted octanol–water partition coefficient (Wildman–Crippen LogP) is 3.69. The van der Waals surface area contributed by atoms with Crippen molar-refractivity contribution in [3.63, 3.8) is 0 Å². The van der Waals surface area contributed by atoms with E-state index in [0.29, 0.717) is 5.56 Å². The van der Waals surface area contributed by atoms with Gasteiger partial charge in [0.2, 0.25) is 15.9 Å². The third kappa shape index (κ3) is 4.51. The summed E-state index contributed by atoms with van der Waals surface area (Å²) in [5.74, 6) is -0.145. The van der Waals surface area contributed by atoms with E-state index in [-0.39, 0.29) is 11.8 Å². The summed E-state index contributed by atoms with van der Waals surface area (Å²) in [5, 5.41) is 2.97. The maximum Gasteiger partial charge on any atom is 0.247 e. The molecule has 1 atom stereocenters. The molecule has 0 aliphatic rings. The molecule has 1 unspecified atom stereocenters. The Hall–Kier alpha value is -2.18. The van der Waals surface area contributed by atoms with Crippen LogP contribution in [0.1, 0.15) is 42.5 Å². The molecule has 26 heavy (non-hydrogen) atoms. The Morgan fingerprint density at radius 2 is 1.65 bits per heavy atom. The first-order valence-corrected chi connectivity index (χ1v) is 10.4. The van der Waals surface area contributed by atoms with Gasteiger partial charge in [-0.05, 0) is 29.5 Å². The molecular weight excluding hydrogens is 348 g/mol. The molecule has 0 bridgehead atoms. The van der Waals surface area contributed by atoms with Crippen LogP contribution in [-0.2, 0) is 14.8 Å². The zero-order valence-corrected chi connectivity index (χ0v) is 16.7. The summed E-state index contributed by atoms with van der Waals surface area (Å²) in [4.78, 5) is 13.1. The highest BCUT2D eigenvalue weighted by molar-refractivity contribution is 7.88. The second-order valence-corrected chi connectivity index (χ2v) is 8.82. The lowest BCUT2D eigenvalue weighted by atomic mass is 9.97. The molecule has 0 saturated carbocycles. The van der Waals surface area contributed by atoms with Crippen LogP contribution in [0.25, 0.3) is 0 Å². The van der Waals surface area contributed by atoms with Crippen molar-refractivity contribution in [2.75, 3.05) is 18.6 Å². The van der Waals surface area contributed by atoms with Gasteiger partial charge in [0.05, 0.1) is 6.26 Å². The van der Waals surface area contributed by atoms with Crippen molar-refractivity contribution in [1.29, 1.82) is 0 Å². The van der Waals surface area contributed by atoms with Gasteiger partial charge in [-0.25, -0.2) is 8.42 Å². The maximum absolute atomic E-state index is 13.1. The molecule has 6 heteroatoms. The van der Waals surface area contributed by atoms with Crippen molar-refractivity contribution < 1.29 is 13.2 Å². The minimum Gasteiger partial charge on any atom is -0.324 e. The van der Waals surface area contributed by atoms with Gasteiger partial charge in [0, 0.05) is 12.7 Å². The Bertz CT molecular complexity index is 877. The number of anilines is 1. The zero-order valence-electron chi connectivity index (χ0n) is 15.9. The number of nitrogens with one attached hydrogen (secondary N) is 1. The van der Waals surface area contributed by atoms with Crippen LogP contribution in [0.2, 0.25) is 0 Å². The van der Waals surface area contributed by atoms with E-state index in [1.165, 1.54) is 7.05 Å². The van der Waals surface area contributed by atoms with Gasteiger partial charge in [0.25, 0.3) is 0 Å². The molecule has 0 saturated heterocycles. The number of rotatable bonds is 6. The van der Waals surface area contributed by atoms with Crippen LogP contribution in [0.15, 0.2) is 48.5 Å². The smallest absolute Gasteiger partial charge is 0.247 e. The Morgan fingerprint density at radius 1 is 1.04 bits per heavy atom. The van der Waals surface area contributed by atoms with E-state index in [1.807, 2.05) is 31.2 Å². The van der Waals surface area contributed by atoms with E-state index in [4.69, 9.17) is 0 Å². The number of benzene rings is 2. The van der Waals surface area contributed by atoms with E-state index >= 15 is 0 Å². The lowest BCUT2D eigenvalue weighted by Gasteiger charge is -2.27. The molecule has 0 aliphatic heterocycles. The molecule has 0 spiro atoms. The van der Waals surface area contributed by atoms with Crippen molar-refractivity contribution >= 4 is 21.6 Å². The lowest BCUT2D eigenvalue weighted by Crippen LogP contribution is -2.38. The summed E-state index contributed by atoms with van der Waals surface area (Å²) in [6.07, 6.45) is 1.10. The third-order valence-corrected chi connectivity index (χ3v) is 5.68. The first kappa shape index (κ1) is 20.1. The number of hydrogen-bond acceptors (Lipinski definition) is 3. The predicted molar refractivity (Wildman–Crippen MR) is 106 cm³/mol. The van der Waals surface area contributed by atoms with Gasteiger partial charge < -0.3 is 5.32 Å². The summed E-state index contributed by atoms with van der Waals surface area (Å²) in [5.41, 5.74) is 3.33. The lowest BCUT2D eigenvalue weighted by molar-refractivity contribution is -0.119. The fourth-order valence-electron chi connectivity index (χ4n) is 2.89. The Labute approximate surface area is 156 Å². The molecular formula is C20H26N2O3S. The Balaban J connectivity index is 2.47. The largest absolute Gasteiger partial charge is 0.324 e. The van der Waals surface area contributed by atoms with E-state index in [2.05, 4.69) is 19.2 Å². The summed E-state index contributed by atoms with van der Waals surface area (Å²) >= 11 is 0. The number of carbonyl (C=O) groups is 1. The van der Waals surface area contributed by atoms with Crippen molar-refractivity contribution in [3.05, 3.63) is 65.2 Å². The number of nitrogens with zero attached hydrogens (tertiary/aromatic N) is 1. The molecule has 140 valence electrons. The number of amides is 1. The average molecular weight is 375 g/mol. The molecule has 1 N–H and O–H groups in total. The summed E-state index contributed by atoms with van der Waals surface area (Å²) in [6, 6.07) is 13.9.